The van der Waals surface area contributed by atoms with Crippen LogP contribution in [0.25, 0.3) is 0 Å². The van der Waals surface area contributed by atoms with E-state index in [1.54, 1.807) is 24.3 Å². The minimum Gasteiger partial charge on any atom is -0.384 e. The van der Waals surface area contributed by atoms with E-state index in [9.17, 15) is 4.79 Å². The highest BCUT2D eigenvalue weighted by molar-refractivity contribution is 9.10. The van der Waals surface area contributed by atoms with Gasteiger partial charge in [0.15, 0.2) is 0 Å². The predicted molar refractivity (Wildman–Crippen MR) is 123 cm³/mol. The van der Waals surface area contributed by atoms with E-state index in [2.05, 4.69) is 50.9 Å². The molecular weight excluding hydrogens is 430 g/mol. The molecule has 1 atom stereocenters. The molecule has 3 rings (SSSR count). The van der Waals surface area contributed by atoms with Crippen molar-refractivity contribution in [3.63, 3.8) is 0 Å². The van der Waals surface area contributed by atoms with Crippen molar-refractivity contribution in [1.82, 2.24) is 0 Å². The van der Waals surface area contributed by atoms with Crippen LogP contribution in [0.3, 0.4) is 0 Å². The highest BCUT2D eigenvalue weighted by Gasteiger charge is 2.11. The Labute approximate surface area is 178 Å². The van der Waals surface area contributed by atoms with Crippen LogP contribution in [0.1, 0.15) is 24.1 Å². The Morgan fingerprint density at radius 2 is 1.66 bits per heavy atom. The van der Waals surface area contributed by atoms with Crippen LogP contribution in [-0.4, -0.2) is 11.9 Å². The third kappa shape index (κ3) is 5.58. The number of carbonyl (C=O) groups excluding carboxylic acids is 1. The third-order valence-corrected chi connectivity index (χ3v) is 4.84. The van der Waals surface area contributed by atoms with Gasteiger partial charge in [0.2, 0.25) is 0 Å². The number of nitrogen functional groups attached to an aromatic ring is 1. The summed E-state index contributed by atoms with van der Waals surface area (Å²) < 4.78 is 1.02. The van der Waals surface area contributed by atoms with Crippen molar-refractivity contribution in [2.75, 3.05) is 16.0 Å². The number of halogens is 1. The molecule has 0 aliphatic carbocycles. The van der Waals surface area contributed by atoms with Gasteiger partial charge in [-0.1, -0.05) is 40.2 Å². The zero-order valence-corrected chi connectivity index (χ0v) is 17.5. The molecule has 3 aromatic carbocycles. The van der Waals surface area contributed by atoms with E-state index in [0.717, 1.165) is 15.7 Å². The van der Waals surface area contributed by atoms with Crippen molar-refractivity contribution in [3.8, 4) is 0 Å². The number of amides is 2. The topological polar surface area (TPSA) is 103 Å². The van der Waals surface area contributed by atoms with Gasteiger partial charge in [-0.25, -0.2) is 4.79 Å². The summed E-state index contributed by atoms with van der Waals surface area (Å²) in [6, 6.07) is 22.1. The van der Waals surface area contributed by atoms with Gasteiger partial charge in [-0.15, -0.1) is 0 Å². The molecule has 0 fully saturated rings. The van der Waals surface area contributed by atoms with E-state index in [1.807, 2.05) is 36.4 Å². The Morgan fingerprint density at radius 3 is 2.31 bits per heavy atom. The fourth-order valence-electron chi connectivity index (χ4n) is 2.83. The van der Waals surface area contributed by atoms with Gasteiger partial charge >= 0.3 is 6.03 Å². The molecule has 0 aromatic heterocycles. The number of nitrogens with two attached hydrogens (primary N) is 1. The quantitative estimate of drug-likeness (QED) is 0.250. The molecule has 29 heavy (non-hydrogen) atoms. The number of amidine groups is 1. The SMILES string of the molecule is CC(Nc1ccccc1NC(=O)Nc1ccc(C(=N)N)cc1)c1cccc(Br)c1. The largest absolute Gasteiger partial charge is 0.384 e. The van der Waals surface area contributed by atoms with Crippen LogP contribution in [-0.2, 0) is 0 Å². The fraction of sp³-hybridized carbons (Fsp3) is 0.0909. The average molecular weight is 452 g/mol. The molecular formula is C22H22BrN5O. The third-order valence-electron chi connectivity index (χ3n) is 4.35. The first-order valence-corrected chi connectivity index (χ1v) is 9.85. The van der Waals surface area contributed by atoms with Gasteiger partial charge in [-0.2, -0.15) is 0 Å². The zero-order valence-electron chi connectivity index (χ0n) is 15.9. The van der Waals surface area contributed by atoms with E-state index in [1.165, 1.54) is 0 Å². The number of nitrogens with one attached hydrogen (secondary N) is 4. The van der Waals surface area contributed by atoms with Crippen LogP contribution in [0.15, 0.2) is 77.3 Å². The van der Waals surface area contributed by atoms with Crippen LogP contribution in [0.2, 0.25) is 0 Å². The monoisotopic (exact) mass is 451 g/mol. The Morgan fingerprint density at radius 1 is 0.966 bits per heavy atom. The van der Waals surface area contributed by atoms with Crippen molar-refractivity contribution >= 4 is 44.9 Å². The standard InChI is InChI=1S/C22H22BrN5O/c1-14(16-5-4-6-17(23)13-16)26-19-7-2-3-8-20(19)28-22(29)27-18-11-9-15(10-12-18)21(24)25/h2-14,26H,1H3,(H3,24,25)(H2,27,28,29). The molecule has 148 valence electrons. The number of anilines is 3. The van der Waals surface area contributed by atoms with Gasteiger partial charge in [0.05, 0.1) is 11.4 Å². The minimum absolute atomic E-state index is 0.0134. The molecule has 0 saturated heterocycles. The van der Waals surface area contributed by atoms with Gasteiger partial charge in [-0.3, -0.25) is 5.41 Å². The van der Waals surface area contributed by atoms with Gasteiger partial charge < -0.3 is 21.7 Å². The summed E-state index contributed by atoms with van der Waals surface area (Å²) in [6.45, 7) is 2.06. The maximum Gasteiger partial charge on any atom is 0.323 e. The molecule has 6 nitrogen and oxygen atoms in total. The maximum absolute atomic E-state index is 12.4. The first kappa shape index (κ1) is 20.4. The molecule has 7 heteroatoms. The lowest BCUT2D eigenvalue weighted by molar-refractivity contribution is 0.262. The van der Waals surface area contributed by atoms with E-state index in [-0.39, 0.29) is 17.9 Å². The molecule has 0 aliphatic heterocycles. The number of hydrogen-bond acceptors (Lipinski definition) is 3. The number of carbonyl (C=O) groups is 1. The minimum atomic E-state index is -0.357. The zero-order chi connectivity index (χ0) is 20.8. The Bertz CT molecular complexity index is 1020. The molecule has 0 saturated carbocycles. The average Bonchev–Trinajstić information content (AvgIpc) is 2.70. The van der Waals surface area contributed by atoms with E-state index in [0.29, 0.717) is 16.9 Å². The van der Waals surface area contributed by atoms with Crippen molar-refractivity contribution in [3.05, 3.63) is 88.4 Å². The fourth-order valence-corrected chi connectivity index (χ4v) is 3.25. The molecule has 6 N–H and O–H groups in total. The second-order valence-corrected chi connectivity index (χ2v) is 7.45. The van der Waals surface area contributed by atoms with Crippen LogP contribution in [0.5, 0.6) is 0 Å². The van der Waals surface area contributed by atoms with Crippen molar-refractivity contribution in [2.45, 2.75) is 13.0 Å². The lowest BCUT2D eigenvalue weighted by Gasteiger charge is -2.19. The molecule has 0 heterocycles. The smallest absolute Gasteiger partial charge is 0.323 e. The maximum atomic E-state index is 12.4. The lowest BCUT2D eigenvalue weighted by Crippen LogP contribution is -2.20. The number of hydrogen-bond donors (Lipinski definition) is 5. The summed E-state index contributed by atoms with van der Waals surface area (Å²) in [4.78, 5) is 12.4. The van der Waals surface area contributed by atoms with Crippen LogP contribution >= 0.6 is 15.9 Å². The summed E-state index contributed by atoms with van der Waals surface area (Å²) in [5, 5.41) is 16.5. The van der Waals surface area contributed by atoms with Crippen LogP contribution in [0, 0.1) is 5.41 Å². The highest BCUT2D eigenvalue weighted by Crippen LogP contribution is 2.27. The normalized spacial score (nSPS) is 11.4. The Hall–Kier alpha value is -3.32. The molecule has 0 radical (unpaired) electrons. The summed E-state index contributed by atoms with van der Waals surface area (Å²) in [7, 11) is 0. The number of rotatable bonds is 6. The summed E-state index contributed by atoms with van der Waals surface area (Å²) in [5.74, 6) is -0.0134. The Balaban J connectivity index is 1.68. The van der Waals surface area contributed by atoms with Crippen LogP contribution in [0.4, 0.5) is 21.9 Å². The van der Waals surface area contributed by atoms with Gasteiger partial charge in [-0.05, 0) is 61.0 Å². The van der Waals surface area contributed by atoms with Crippen molar-refractivity contribution in [2.24, 2.45) is 5.73 Å². The van der Waals surface area contributed by atoms with Crippen LogP contribution < -0.4 is 21.7 Å². The van der Waals surface area contributed by atoms with Gasteiger partial charge in [0.1, 0.15) is 5.84 Å². The van der Waals surface area contributed by atoms with E-state index < -0.39 is 0 Å². The van der Waals surface area contributed by atoms with E-state index in [4.69, 9.17) is 11.1 Å². The first-order chi connectivity index (χ1) is 13.9. The molecule has 0 aliphatic rings. The first-order valence-electron chi connectivity index (χ1n) is 9.06. The second kappa shape index (κ2) is 9.25. The highest BCUT2D eigenvalue weighted by atomic mass is 79.9. The molecule has 2 amide bonds. The molecule has 3 aromatic rings. The van der Waals surface area contributed by atoms with E-state index >= 15 is 0 Å². The van der Waals surface area contributed by atoms with Gasteiger partial charge in [0.25, 0.3) is 0 Å². The number of urea groups is 1. The summed E-state index contributed by atoms with van der Waals surface area (Å²) in [5.41, 5.74) is 9.29. The molecule has 1 unspecified atom stereocenters. The van der Waals surface area contributed by atoms with Crippen molar-refractivity contribution in [1.29, 1.82) is 5.41 Å². The van der Waals surface area contributed by atoms with Crippen molar-refractivity contribution < 1.29 is 4.79 Å². The summed E-state index contributed by atoms with van der Waals surface area (Å²) in [6.07, 6.45) is 0. The number of para-hydroxylation sites is 2. The Kier molecular flexibility index (Phi) is 6.51. The predicted octanol–water partition coefficient (Wildman–Crippen LogP) is 5.55. The number of benzene rings is 3. The lowest BCUT2D eigenvalue weighted by atomic mass is 10.1. The van der Waals surface area contributed by atoms with Gasteiger partial charge in [0, 0.05) is 21.8 Å². The summed E-state index contributed by atoms with van der Waals surface area (Å²) >= 11 is 3.50. The second-order valence-electron chi connectivity index (χ2n) is 6.54. The molecule has 0 bridgehead atoms. The molecule has 0 spiro atoms.